The molecule has 0 saturated heterocycles. The van der Waals surface area contributed by atoms with Gasteiger partial charge in [-0.15, -0.1) is 0 Å². The molecule has 0 amide bonds. The highest BCUT2D eigenvalue weighted by Crippen LogP contribution is 2.22. The SMILES string of the molecule is CCS(=O)(=O)CCOc1ccc(Br)c(CNC(C)C)c1. The Balaban J connectivity index is 2.61. The van der Waals surface area contributed by atoms with E-state index in [2.05, 4.69) is 35.1 Å². The minimum Gasteiger partial charge on any atom is -0.493 e. The Labute approximate surface area is 130 Å². The van der Waals surface area contributed by atoms with Crippen LogP contribution in [-0.4, -0.2) is 32.6 Å². The quantitative estimate of drug-likeness (QED) is 0.771. The van der Waals surface area contributed by atoms with Crippen molar-refractivity contribution in [1.29, 1.82) is 0 Å². The van der Waals surface area contributed by atoms with Crippen LogP contribution in [0.2, 0.25) is 0 Å². The third kappa shape index (κ3) is 6.24. The maximum absolute atomic E-state index is 11.4. The summed E-state index contributed by atoms with van der Waals surface area (Å²) in [7, 11) is -2.98. The van der Waals surface area contributed by atoms with Crippen molar-refractivity contribution < 1.29 is 13.2 Å². The van der Waals surface area contributed by atoms with E-state index in [0.29, 0.717) is 11.8 Å². The zero-order chi connectivity index (χ0) is 15.2. The normalized spacial score (nSPS) is 11.8. The van der Waals surface area contributed by atoms with Gasteiger partial charge in [0.2, 0.25) is 0 Å². The van der Waals surface area contributed by atoms with Gasteiger partial charge in [-0.25, -0.2) is 8.42 Å². The molecule has 0 atom stereocenters. The lowest BCUT2D eigenvalue weighted by Crippen LogP contribution is -2.22. The largest absolute Gasteiger partial charge is 0.493 e. The van der Waals surface area contributed by atoms with E-state index in [0.717, 1.165) is 16.6 Å². The smallest absolute Gasteiger partial charge is 0.153 e. The molecule has 0 heterocycles. The van der Waals surface area contributed by atoms with E-state index in [9.17, 15) is 8.42 Å². The summed E-state index contributed by atoms with van der Waals surface area (Å²) in [6, 6.07) is 6.08. The molecule has 0 bridgehead atoms. The zero-order valence-corrected chi connectivity index (χ0v) is 14.6. The van der Waals surface area contributed by atoms with Gasteiger partial charge < -0.3 is 10.1 Å². The van der Waals surface area contributed by atoms with Crippen LogP contribution in [0, 0.1) is 0 Å². The number of benzene rings is 1. The second-order valence-corrected chi connectivity index (χ2v) is 8.20. The molecule has 1 aromatic carbocycles. The van der Waals surface area contributed by atoms with Gasteiger partial charge in [0.1, 0.15) is 12.4 Å². The molecular weight excluding hydrogens is 342 g/mol. The van der Waals surface area contributed by atoms with E-state index in [1.165, 1.54) is 0 Å². The first-order chi connectivity index (χ1) is 9.34. The second-order valence-electron chi connectivity index (χ2n) is 4.87. The predicted molar refractivity (Wildman–Crippen MR) is 85.9 cm³/mol. The average molecular weight is 364 g/mol. The maximum atomic E-state index is 11.4. The number of hydrogen-bond donors (Lipinski definition) is 1. The van der Waals surface area contributed by atoms with Crippen molar-refractivity contribution in [3.05, 3.63) is 28.2 Å². The van der Waals surface area contributed by atoms with E-state index in [1.807, 2.05) is 18.2 Å². The first kappa shape index (κ1) is 17.5. The Morgan fingerprint density at radius 1 is 1.35 bits per heavy atom. The number of nitrogens with one attached hydrogen (secondary N) is 1. The molecule has 1 N–H and O–H groups in total. The van der Waals surface area contributed by atoms with Crippen LogP contribution >= 0.6 is 15.9 Å². The van der Waals surface area contributed by atoms with Gasteiger partial charge in [0, 0.05) is 22.8 Å². The standard InChI is InChI=1S/C14H22BrNO3S/c1-4-20(17,18)8-7-19-13-5-6-14(15)12(9-13)10-16-11(2)3/h5-6,9,11,16H,4,7-8,10H2,1-3H3. The predicted octanol–water partition coefficient (Wildman–Crippen LogP) is 2.76. The molecule has 1 aromatic rings. The fourth-order valence-electron chi connectivity index (χ4n) is 1.52. The van der Waals surface area contributed by atoms with Crippen molar-refractivity contribution in [3.8, 4) is 5.75 Å². The summed E-state index contributed by atoms with van der Waals surface area (Å²) >= 11 is 3.50. The van der Waals surface area contributed by atoms with Crippen LogP contribution in [0.1, 0.15) is 26.3 Å². The molecule has 0 fully saturated rings. The molecular formula is C14H22BrNO3S. The van der Waals surface area contributed by atoms with Crippen LogP contribution < -0.4 is 10.1 Å². The first-order valence-corrected chi connectivity index (χ1v) is 9.30. The Morgan fingerprint density at radius 2 is 2.05 bits per heavy atom. The van der Waals surface area contributed by atoms with Gasteiger partial charge in [-0.1, -0.05) is 36.7 Å². The van der Waals surface area contributed by atoms with Gasteiger partial charge in [0.15, 0.2) is 9.84 Å². The van der Waals surface area contributed by atoms with E-state index in [4.69, 9.17) is 4.74 Å². The Kier molecular flexibility index (Phi) is 6.99. The fourth-order valence-corrected chi connectivity index (χ4v) is 2.53. The van der Waals surface area contributed by atoms with Gasteiger partial charge in [0.25, 0.3) is 0 Å². The highest BCUT2D eigenvalue weighted by molar-refractivity contribution is 9.10. The van der Waals surface area contributed by atoms with Crippen molar-refractivity contribution in [1.82, 2.24) is 5.32 Å². The molecule has 0 aliphatic rings. The van der Waals surface area contributed by atoms with Gasteiger partial charge in [-0.3, -0.25) is 0 Å². The van der Waals surface area contributed by atoms with E-state index in [1.54, 1.807) is 6.92 Å². The van der Waals surface area contributed by atoms with Gasteiger partial charge in [-0.2, -0.15) is 0 Å². The number of rotatable bonds is 8. The summed E-state index contributed by atoms with van der Waals surface area (Å²) in [6.45, 7) is 6.75. The number of sulfone groups is 1. The average Bonchev–Trinajstić information content (AvgIpc) is 2.39. The number of hydrogen-bond acceptors (Lipinski definition) is 4. The highest BCUT2D eigenvalue weighted by Gasteiger charge is 2.08. The molecule has 0 aliphatic heterocycles. The number of ether oxygens (including phenoxy) is 1. The van der Waals surface area contributed by atoms with Crippen LogP contribution in [0.25, 0.3) is 0 Å². The van der Waals surface area contributed by atoms with E-state index >= 15 is 0 Å². The van der Waals surface area contributed by atoms with Gasteiger partial charge in [0.05, 0.1) is 5.75 Å². The Morgan fingerprint density at radius 3 is 2.65 bits per heavy atom. The fraction of sp³-hybridized carbons (Fsp3) is 0.571. The molecule has 0 spiro atoms. The van der Waals surface area contributed by atoms with Crippen LogP contribution in [0.5, 0.6) is 5.75 Å². The van der Waals surface area contributed by atoms with Crippen molar-refractivity contribution in [3.63, 3.8) is 0 Å². The van der Waals surface area contributed by atoms with Crippen molar-refractivity contribution in [2.75, 3.05) is 18.1 Å². The monoisotopic (exact) mass is 363 g/mol. The summed E-state index contributed by atoms with van der Waals surface area (Å²) in [4.78, 5) is 0. The van der Waals surface area contributed by atoms with E-state index < -0.39 is 9.84 Å². The van der Waals surface area contributed by atoms with Gasteiger partial charge >= 0.3 is 0 Å². The lowest BCUT2D eigenvalue weighted by Gasteiger charge is -2.12. The summed E-state index contributed by atoms with van der Waals surface area (Å²) in [5.41, 5.74) is 1.09. The van der Waals surface area contributed by atoms with Crippen molar-refractivity contribution in [2.45, 2.75) is 33.4 Å². The molecule has 1 rings (SSSR count). The molecule has 0 radical (unpaired) electrons. The third-order valence-electron chi connectivity index (χ3n) is 2.82. The molecule has 0 aromatic heterocycles. The van der Waals surface area contributed by atoms with Gasteiger partial charge in [-0.05, 0) is 23.8 Å². The van der Waals surface area contributed by atoms with Crippen LogP contribution in [0.3, 0.4) is 0 Å². The summed E-state index contributed by atoms with van der Waals surface area (Å²) in [6.07, 6.45) is 0. The summed E-state index contributed by atoms with van der Waals surface area (Å²) < 4.78 is 29.3. The van der Waals surface area contributed by atoms with Crippen LogP contribution in [-0.2, 0) is 16.4 Å². The molecule has 6 heteroatoms. The van der Waals surface area contributed by atoms with E-state index in [-0.39, 0.29) is 18.1 Å². The van der Waals surface area contributed by atoms with Crippen LogP contribution in [0.15, 0.2) is 22.7 Å². The Hall–Kier alpha value is -0.590. The molecule has 0 saturated carbocycles. The zero-order valence-electron chi connectivity index (χ0n) is 12.1. The van der Waals surface area contributed by atoms with Crippen LogP contribution in [0.4, 0.5) is 0 Å². The number of halogens is 1. The lowest BCUT2D eigenvalue weighted by atomic mass is 10.2. The third-order valence-corrected chi connectivity index (χ3v) is 5.26. The summed E-state index contributed by atoms with van der Waals surface area (Å²) in [5, 5.41) is 3.34. The van der Waals surface area contributed by atoms with Crippen molar-refractivity contribution >= 4 is 25.8 Å². The highest BCUT2D eigenvalue weighted by atomic mass is 79.9. The molecule has 4 nitrogen and oxygen atoms in total. The first-order valence-electron chi connectivity index (χ1n) is 6.69. The minimum atomic E-state index is -2.98. The minimum absolute atomic E-state index is 0.0547. The second kappa shape index (κ2) is 8.00. The Bertz CT molecular complexity index is 529. The van der Waals surface area contributed by atoms with Crippen molar-refractivity contribution in [2.24, 2.45) is 0 Å². The molecule has 20 heavy (non-hydrogen) atoms. The lowest BCUT2D eigenvalue weighted by molar-refractivity contribution is 0.340. The molecule has 0 unspecified atom stereocenters. The molecule has 0 aliphatic carbocycles. The summed E-state index contributed by atoms with van der Waals surface area (Å²) in [5.74, 6) is 0.902. The molecule has 114 valence electrons. The topological polar surface area (TPSA) is 55.4 Å². The maximum Gasteiger partial charge on any atom is 0.153 e.